The van der Waals surface area contributed by atoms with E-state index < -0.39 is 72.4 Å². The van der Waals surface area contributed by atoms with E-state index >= 15 is 0 Å². The van der Waals surface area contributed by atoms with Crippen molar-refractivity contribution in [2.45, 2.75) is 90.2 Å². The van der Waals surface area contributed by atoms with Crippen molar-refractivity contribution in [3.8, 4) is 0 Å². The summed E-state index contributed by atoms with van der Waals surface area (Å²) in [6.07, 6.45) is -1.82. The zero-order valence-electron chi connectivity index (χ0n) is 27.8. The molecule has 14 heteroatoms. The normalized spacial score (nSPS) is 20.7. The molecule has 0 saturated carbocycles. The lowest BCUT2D eigenvalue weighted by Crippen LogP contribution is -2.66. The van der Waals surface area contributed by atoms with Crippen LogP contribution in [0, 0.1) is 0 Å². The predicted molar refractivity (Wildman–Crippen MR) is 172 cm³/mol. The third kappa shape index (κ3) is 13.4. The van der Waals surface area contributed by atoms with Gasteiger partial charge in [0.1, 0.15) is 32.0 Å². The van der Waals surface area contributed by atoms with Gasteiger partial charge in [-0.25, -0.2) is 9.59 Å². The predicted octanol–water partition coefficient (Wildman–Crippen LogP) is 3.06. The molecule has 1 heterocycles. The van der Waals surface area contributed by atoms with Gasteiger partial charge in [-0.3, -0.25) is 19.2 Å². The Balaban J connectivity index is 1.78. The number of carbonyl (C=O) groups is 6. The molecule has 2 aromatic carbocycles. The molecule has 0 unspecified atom stereocenters. The second-order valence-corrected chi connectivity index (χ2v) is 11.2. The molecule has 0 aromatic heterocycles. The van der Waals surface area contributed by atoms with Crippen molar-refractivity contribution in [2.24, 2.45) is 0 Å². The molecule has 264 valence electrons. The maximum atomic E-state index is 13.1. The van der Waals surface area contributed by atoms with Crippen molar-refractivity contribution in [2.75, 3.05) is 6.61 Å². The van der Waals surface area contributed by atoms with Gasteiger partial charge in [0.05, 0.1) is 12.1 Å². The molecular weight excluding hydrogens is 640 g/mol. The molecule has 0 bridgehead atoms. The van der Waals surface area contributed by atoms with Crippen LogP contribution in [0.15, 0.2) is 72.8 Å². The van der Waals surface area contributed by atoms with Crippen LogP contribution in [0.5, 0.6) is 0 Å². The Labute approximate surface area is 284 Å². The van der Waals surface area contributed by atoms with E-state index in [4.69, 9.17) is 28.4 Å². The minimum atomic E-state index is -1.22. The Hall–Kier alpha value is -5.24. The number of alkyl carbamates (subject to hydrolysis) is 1. The molecular formula is C35H42N2O12. The van der Waals surface area contributed by atoms with Crippen molar-refractivity contribution in [3.63, 3.8) is 0 Å². The Morgan fingerprint density at radius 3 is 1.84 bits per heavy atom. The van der Waals surface area contributed by atoms with Crippen LogP contribution in [0.2, 0.25) is 0 Å². The number of benzene rings is 2. The van der Waals surface area contributed by atoms with E-state index in [1.54, 1.807) is 60.7 Å². The lowest BCUT2D eigenvalue weighted by atomic mass is 9.90. The summed E-state index contributed by atoms with van der Waals surface area (Å²) in [7, 11) is 0. The van der Waals surface area contributed by atoms with Crippen molar-refractivity contribution in [1.82, 2.24) is 10.6 Å². The maximum Gasteiger partial charge on any atom is 0.408 e. The molecule has 0 spiro atoms. The number of amides is 2. The number of carbonyl (C=O) groups excluding carboxylic acids is 6. The largest absolute Gasteiger partial charge is 0.463 e. The van der Waals surface area contributed by atoms with E-state index in [0.29, 0.717) is 0 Å². The molecule has 3 rings (SSSR count). The van der Waals surface area contributed by atoms with E-state index in [-0.39, 0.29) is 32.7 Å². The smallest absolute Gasteiger partial charge is 0.408 e. The van der Waals surface area contributed by atoms with Gasteiger partial charge < -0.3 is 39.1 Å². The average molecular weight is 683 g/mol. The topological polar surface area (TPSA) is 182 Å². The van der Waals surface area contributed by atoms with Gasteiger partial charge in [0, 0.05) is 27.7 Å². The molecule has 0 aliphatic carbocycles. The second-order valence-electron chi connectivity index (χ2n) is 11.2. The van der Waals surface area contributed by atoms with Crippen molar-refractivity contribution < 1.29 is 57.2 Å². The molecule has 1 aliphatic rings. The van der Waals surface area contributed by atoms with Crippen LogP contribution >= 0.6 is 0 Å². The van der Waals surface area contributed by atoms with Crippen molar-refractivity contribution in [3.05, 3.63) is 83.9 Å². The van der Waals surface area contributed by atoms with Gasteiger partial charge in [-0.1, -0.05) is 72.8 Å². The van der Waals surface area contributed by atoms with Gasteiger partial charge in [0.25, 0.3) is 0 Å². The molecule has 1 saturated heterocycles. The fourth-order valence-electron chi connectivity index (χ4n) is 5.04. The standard InChI is InChI=1S/C35H42N2O12/c1-22(38)36-31-29(49-30(21-44-23(2)39)32(47-24(3)40)33(31)48-25(4)41)18-12-11-17-28(34(42)45-19-26-13-7-5-8-14-26)37-35(43)46-20-27-15-9-6-10-16-27/h5-16,28-33H,17-21H2,1-4H3,(H,36,38)(H,37,43)/b12-11+/t28-,29+,30+,31-,32+,33+/m0/s1. The fourth-order valence-corrected chi connectivity index (χ4v) is 5.04. The van der Waals surface area contributed by atoms with Crippen LogP contribution in [-0.2, 0) is 65.6 Å². The van der Waals surface area contributed by atoms with Crippen molar-refractivity contribution in [1.29, 1.82) is 0 Å². The summed E-state index contributed by atoms with van der Waals surface area (Å²) in [5.74, 6) is -3.20. The molecule has 0 radical (unpaired) electrons. The Morgan fingerprint density at radius 2 is 1.29 bits per heavy atom. The summed E-state index contributed by atoms with van der Waals surface area (Å²) >= 11 is 0. The van der Waals surface area contributed by atoms with Crippen LogP contribution in [0.25, 0.3) is 0 Å². The van der Waals surface area contributed by atoms with Crippen LogP contribution < -0.4 is 10.6 Å². The third-order valence-corrected chi connectivity index (χ3v) is 7.14. The number of esters is 4. The van der Waals surface area contributed by atoms with Crippen molar-refractivity contribution >= 4 is 35.9 Å². The highest BCUT2D eigenvalue weighted by molar-refractivity contribution is 5.81. The number of nitrogens with one attached hydrogen (secondary N) is 2. The molecule has 14 nitrogen and oxygen atoms in total. The lowest BCUT2D eigenvalue weighted by Gasteiger charge is -2.45. The molecule has 2 aromatic rings. The lowest BCUT2D eigenvalue weighted by molar-refractivity contribution is -0.223. The van der Waals surface area contributed by atoms with Gasteiger partial charge in [0.15, 0.2) is 12.2 Å². The van der Waals surface area contributed by atoms with E-state index in [1.807, 2.05) is 12.1 Å². The van der Waals surface area contributed by atoms with Crippen LogP contribution in [0.4, 0.5) is 4.79 Å². The summed E-state index contributed by atoms with van der Waals surface area (Å²) in [5.41, 5.74) is 1.52. The summed E-state index contributed by atoms with van der Waals surface area (Å²) in [5, 5.41) is 5.26. The molecule has 49 heavy (non-hydrogen) atoms. The molecule has 2 amide bonds. The minimum Gasteiger partial charge on any atom is -0.463 e. The van der Waals surface area contributed by atoms with E-state index in [2.05, 4.69) is 10.6 Å². The number of ether oxygens (including phenoxy) is 6. The molecule has 2 N–H and O–H groups in total. The maximum absolute atomic E-state index is 13.1. The highest BCUT2D eigenvalue weighted by Crippen LogP contribution is 2.29. The molecule has 1 fully saturated rings. The Bertz CT molecular complexity index is 1450. The Morgan fingerprint density at radius 1 is 0.714 bits per heavy atom. The second kappa shape index (κ2) is 19.5. The van der Waals surface area contributed by atoms with Crippen LogP contribution in [0.1, 0.15) is 51.7 Å². The first-order chi connectivity index (χ1) is 23.4. The van der Waals surface area contributed by atoms with E-state index in [0.717, 1.165) is 25.0 Å². The van der Waals surface area contributed by atoms with E-state index in [9.17, 15) is 28.8 Å². The average Bonchev–Trinajstić information content (AvgIpc) is 3.05. The van der Waals surface area contributed by atoms with Gasteiger partial charge in [-0.15, -0.1) is 0 Å². The Kier molecular flexibility index (Phi) is 15.2. The number of hydrogen-bond acceptors (Lipinski definition) is 12. The van der Waals surface area contributed by atoms with Gasteiger partial charge in [-0.05, 0) is 24.0 Å². The SMILES string of the molecule is CC(=O)N[C@@H]1[C@@H](OC(C)=O)[C@H](OC(C)=O)[C@@H](COC(C)=O)O[C@@H]1C/C=C/C[C@H](NC(=O)OCc1ccccc1)C(=O)OCc1ccccc1. The summed E-state index contributed by atoms with van der Waals surface area (Å²) in [4.78, 5) is 73.7. The highest BCUT2D eigenvalue weighted by atomic mass is 16.6. The summed E-state index contributed by atoms with van der Waals surface area (Å²) < 4.78 is 33.0. The third-order valence-electron chi connectivity index (χ3n) is 7.14. The fraction of sp³-hybridized carbons (Fsp3) is 0.429. The first kappa shape index (κ1) is 38.2. The van der Waals surface area contributed by atoms with Gasteiger partial charge in [0.2, 0.25) is 5.91 Å². The zero-order valence-corrected chi connectivity index (χ0v) is 27.8. The molecule has 1 aliphatic heterocycles. The van der Waals surface area contributed by atoms with Gasteiger partial charge >= 0.3 is 30.0 Å². The summed E-state index contributed by atoms with van der Waals surface area (Å²) in [6, 6.07) is 16.0. The number of hydrogen-bond donors (Lipinski definition) is 2. The zero-order chi connectivity index (χ0) is 35.8. The minimum absolute atomic E-state index is 0.00803. The monoisotopic (exact) mass is 682 g/mol. The first-order valence-corrected chi connectivity index (χ1v) is 15.7. The van der Waals surface area contributed by atoms with Crippen LogP contribution in [-0.4, -0.2) is 79.0 Å². The first-order valence-electron chi connectivity index (χ1n) is 15.7. The number of rotatable bonds is 15. The summed E-state index contributed by atoms with van der Waals surface area (Å²) in [6.45, 7) is 4.42. The quantitative estimate of drug-likeness (QED) is 0.159. The van der Waals surface area contributed by atoms with Gasteiger partial charge in [-0.2, -0.15) is 0 Å². The van der Waals surface area contributed by atoms with E-state index in [1.165, 1.54) is 13.8 Å². The molecule has 6 atom stereocenters. The highest BCUT2D eigenvalue weighted by Gasteiger charge is 2.50. The van der Waals surface area contributed by atoms with Crippen LogP contribution in [0.3, 0.4) is 0 Å².